The number of nitrogens with zero attached hydrogens (tertiary/aromatic N) is 2. The molecule has 12 aromatic rings. The molecule has 1 aromatic heterocycles. The second-order valence-electron chi connectivity index (χ2n) is 17.3. The first kappa shape index (κ1) is 37.1. The zero-order chi connectivity index (χ0) is 42.9. The van der Waals surface area contributed by atoms with Crippen molar-refractivity contribution in [3.63, 3.8) is 0 Å². The van der Waals surface area contributed by atoms with E-state index >= 15 is 0 Å². The fraction of sp³-hybridized carbons (Fsp3) is 0.0159. The quantitative estimate of drug-likeness (QED) is 0.139. The Hall–Kier alpha value is -8.46. The summed E-state index contributed by atoms with van der Waals surface area (Å²) < 4.78 is 2.41. The second kappa shape index (κ2) is 14.8. The van der Waals surface area contributed by atoms with Gasteiger partial charge in [-0.25, -0.2) is 0 Å². The highest BCUT2D eigenvalue weighted by atomic mass is 15.1. The molecule has 0 spiro atoms. The Balaban J connectivity index is 0.931. The predicted molar refractivity (Wildman–Crippen MR) is 272 cm³/mol. The summed E-state index contributed by atoms with van der Waals surface area (Å²) in [5, 5.41) is 5.22. The summed E-state index contributed by atoms with van der Waals surface area (Å²) in [5.74, 6) is 0. The van der Waals surface area contributed by atoms with Gasteiger partial charge in [-0.05, 0) is 127 Å². The zero-order valence-corrected chi connectivity index (χ0v) is 35.6. The summed E-state index contributed by atoms with van der Waals surface area (Å²) >= 11 is 0. The molecular formula is C63H42N2. The van der Waals surface area contributed by atoms with Crippen molar-refractivity contribution in [1.29, 1.82) is 0 Å². The molecule has 304 valence electrons. The van der Waals surface area contributed by atoms with Crippen LogP contribution in [-0.4, -0.2) is 4.57 Å². The Bertz CT molecular complexity index is 3560. The van der Waals surface area contributed by atoms with Crippen molar-refractivity contribution < 1.29 is 0 Å². The number of benzene rings is 11. The lowest BCUT2D eigenvalue weighted by Crippen LogP contribution is -2.28. The Kier molecular flexibility index (Phi) is 8.47. The van der Waals surface area contributed by atoms with E-state index in [-0.39, 0.29) is 0 Å². The molecule has 0 bridgehead atoms. The lowest BCUT2D eigenvalue weighted by Gasteiger charge is -2.35. The summed E-state index contributed by atoms with van der Waals surface area (Å²) in [6, 6.07) is 93.7. The van der Waals surface area contributed by atoms with Crippen molar-refractivity contribution in [1.82, 2.24) is 4.57 Å². The van der Waals surface area contributed by atoms with E-state index < -0.39 is 5.41 Å². The number of aromatic nitrogens is 1. The van der Waals surface area contributed by atoms with Gasteiger partial charge in [-0.3, -0.25) is 0 Å². The number of anilines is 3. The number of rotatable bonds is 8. The normalized spacial score (nSPS) is 12.7. The highest BCUT2D eigenvalue weighted by Gasteiger charge is 2.46. The fourth-order valence-corrected chi connectivity index (χ4v) is 11.0. The van der Waals surface area contributed by atoms with Gasteiger partial charge in [0.1, 0.15) is 0 Å². The minimum Gasteiger partial charge on any atom is -0.310 e. The summed E-state index contributed by atoms with van der Waals surface area (Å²) in [7, 11) is 0. The highest BCUT2D eigenvalue weighted by molar-refractivity contribution is 6.24. The van der Waals surface area contributed by atoms with E-state index in [0.29, 0.717) is 0 Å². The van der Waals surface area contributed by atoms with Gasteiger partial charge in [0, 0.05) is 33.5 Å². The van der Waals surface area contributed by atoms with Gasteiger partial charge in [-0.15, -0.1) is 0 Å². The fourth-order valence-electron chi connectivity index (χ4n) is 11.0. The number of hydrogen-bond acceptors (Lipinski definition) is 1. The van der Waals surface area contributed by atoms with Gasteiger partial charge >= 0.3 is 0 Å². The van der Waals surface area contributed by atoms with Crippen LogP contribution in [0.25, 0.3) is 71.6 Å². The monoisotopic (exact) mass is 826 g/mol. The maximum atomic E-state index is 2.45. The van der Waals surface area contributed by atoms with Crippen LogP contribution >= 0.6 is 0 Å². The van der Waals surface area contributed by atoms with Gasteiger partial charge in [0.05, 0.1) is 16.4 Å². The summed E-state index contributed by atoms with van der Waals surface area (Å²) in [4.78, 5) is 2.41. The standard InChI is InChI=1S/C63H42N2/c1-4-14-43(15-5-1)44-28-34-51(35-29-44)64(54-40-41-56-55-22-10-11-23-57(55)63(58(56)42-54,49-18-6-2-7-19-49)50-20-8-3-9-21-50)52-36-30-45(31-37-52)46-32-38-53(39-33-46)65-59-24-12-16-47-26-27-48-17-13-25-60(65)62(48)61(47)59/h1-42H. The predicted octanol–water partition coefficient (Wildman–Crippen LogP) is 16.5. The van der Waals surface area contributed by atoms with Crippen LogP contribution in [0.2, 0.25) is 0 Å². The molecule has 0 fully saturated rings. The van der Waals surface area contributed by atoms with Gasteiger partial charge in [0.2, 0.25) is 0 Å². The third-order valence-corrected chi connectivity index (χ3v) is 13.8. The molecule has 2 nitrogen and oxygen atoms in total. The molecule has 13 rings (SSSR count). The second-order valence-corrected chi connectivity index (χ2v) is 17.3. The van der Waals surface area contributed by atoms with Crippen molar-refractivity contribution in [2.24, 2.45) is 0 Å². The van der Waals surface area contributed by atoms with E-state index in [1.165, 1.54) is 88.2 Å². The lowest BCUT2D eigenvalue weighted by molar-refractivity contribution is 0.768. The van der Waals surface area contributed by atoms with Crippen LogP contribution in [0.3, 0.4) is 0 Å². The Labute approximate surface area is 378 Å². The topological polar surface area (TPSA) is 8.17 Å². The van der Waals surface area contributed by atoms with E-state index in [0.717, 1.165) is 22.7 Å². The molecule has 0 unspecified atom stereocenters. The van der Waals surface area contributed by atoms with Crippen LogP contribution in [-0.2, 0) is 5.41 Å². The third-order valence-electron chi connectivity index (χ3n) is 13.8. The molecule has 0 saturated carbocycles. The molecule has 2 heteroatoms. The van der Waals surface area contributed by atoms with Crippen molar-refractivity contribution >= 4 is 49.6 Å². The molecule has 0 saturated heterocycles. The molecule has 1 aliphatic carbocycles. The van der Waals surface area contributed by atoms with Gasteiger partial charge in [0.15, 0.2) is 0 Å². The Morgan fingerprint density at radius 1 is 0.308 bits per heavy atom. The summed E-state index contributed by atoms with van der Waals surface area (Å²) in [6.07, 6.45) is 0. The average Bonchev–Trinajstić information content (AvgIpc) is 3.89. The lowest BCUT2D eigenvalue weighted by atomic mass is 9.67. The Morgan fingerprint density at radius 2 is 0.754 bits per heavy atom. The van der Waals surface area contributed by atoms with Crippen molar-refractivity contribution in [2.45, 2.75) is 5.41 Å². The van der Waals surface area contributed by atoms with Gasteiger partial charge in [-0.1, -0.05) is 194 Å². The third kappa shape index (κ3) is 5.74. The minimum atomic E-state index is -0.500. The maximum Gasteiger partial charge on any atom is 0.0714 e. The molecule has 1 heterocycles. The first-order valence-electron chi connectivity index (χ1n) is 22.5. The molecular weight excluding hydrogens is 785 g/mol. The molecule has 0 aliphatic heterocycles. The van der Waals surface area contributed by atoms with E-state index in [4.69, 9.17) is 0 Å². The zero-order valence-electron chi connectivity index (χ0n) is 35.6. The van der Waals surface area contributed by atoms with Crippen molar-refractivity contribution in [2.75, 3.05) is 4.90 Å². The summed E-state index contributed by atoms with van der Waals surface area (Å²) in [5.41, 5.74) is 18.8. The van der Waals surface area contributed by atoms with E-state index in [1.54, 1.807) is 0 Å². The maximum absolute atomic E-state index is 2.45. The Morgan fingerprint density at radius 3 is 1.31 bits per heavy atom. The van der Waals surface area contributed by atoms with Crippen LogP contribution in [0.4, 0.5) is 17.1 Å². The van der Waals surface area contributed by atoms with Crippen LogP contribution in [0.5, 0.6) is 0 Å². The first-order chi connectivity index (χ1) is 32.2. The number of hydrogen-bond donors (Lipinski definition) is 0. The SMILES string of the molecule is c1ccc(-c2ccc(N(c3ccc(-c4ccc(-n5c6cccc7ccc8cccc5c8c76)cc4)cc3)c3ccc4c(c3)C(c3ccccc3)(c3ccccc3)c3ccccc3-4)cc2)cc1. The average molecular weight is 827 g/mol. The smallest absolute Gasteiger partial charge is 0.0714 e. The summed E-state index contributed by atoms with van der Waals surface area (Å²) in [6.45, 7) is 0. The van der Waals surface area contributed by atoms with Gasteiger partial charge in [-0.2, -0.15) is 0 Å². The number of fused-ring (bicyclic) bond motifs is 3. The molecule has 1 aliphatic rings. The van der Waals surface area contributed by atoms with E-state index in [1.807, 2.05) is 0 Å². The molecule has 0 N–H and O–H groups in total. The van der Waals surface area contributed by atoms with Crippen LogP contribution in [0.15, 0.2) is 255 Å². The van der Waals surface area contributed by atoms with Crippen molar-refractivity contribution in [3.05, 3.63) is 277 Å². The van der Waals surface area contributed by atoms with Crippen LogP contribution < -0.4 is 4.90 Å². The minimum absolute atomic E-state index is 0.500. The largest absolute Gasteiger partial charge is 0.310 e. The highest BCUT2D eigenvalue weighted by Crippen LogP contribution is 2.57. The molecule has 0 amide bonds. The van der Waals surface area contributed by atoms with E-state index in [9.17, 15) is 0 Å². The molecule has 0 radical (unpaired) electrons. The molecule has 65 heavy (non-hydrogen) atoms. The van der Waals surface area contributed by atoms with Gasteiger partial charge in [0.25, 0.3) is 0 Å². The van der Waals surface area contributed by atoms with Gasteiger partial charge < -0.3 is 9.47 Å². The van der Waals surface area contributed by atoms with E-state index in [2.05, 4.69) is 264 Å². The van der Waals surface area contributed by atoms with Crippen LogP contribution in [0, 0.1) is 0 Å². The molecule has 11 aromatic carbocycles. The molecule has 0 atom stereocenters. The first-order valence-corrected chi connectivity index (χ1v) is 22.5. The van der Waals surface area contributed by atoms with Crippen LogP contribution in [0.1, 0.15) is 22.3 Å². The van der Waals surface area contributed by atoms with Crippen molar-refractivity contribution in [3.8, 4) is 39.1 Å².